The summed E-state index contributed by atoms with van der Waals surface area (Å²) >= 11 is 0. The number of benzene rings is 2. The van der Waals surface area contributed by atoms with Gasteiger partial charge in [0.25, 0.3) is 10.0 Å². The Balaban J connectivity index is 2.23. The van der Waals surface area contributed by atoms with Crippen molar-refractivity contribution < 1.29 is 18.3 Å². The number of rotatable bonds is 6. The van der Waals surface area contributed by atoms with Gasteiger partial charge >= 0.3 is 5.97 Å². The van der Waals surface area contributed by atoms with E-state index in [1.54, 1.807) is 24.3 Å². The van der Waals surface area contributed by atoms with Crippen LogP contribution in [0.5, 0.6) is 0 Å². The Morgan fingerprint density at radius 1 is 1.14 bits per heavy atom. The third kappa shape index (κ3) is 3.85. The predicted octanol–water partition coefficient (Wildman–Crippen LogP) is 3.14. The van der Waals surface area contributed by atoms with Crippen LogP contribution in [0.25, 0.3) is 0 Å². The molecule has 2 rings (SSSR count). The highest BCUT2D eigenvalue weighted by atomic mass is 32.2. The van der Waals surface area contributed by atoms with E-state index in [0.29, 0.717) is 0 Å². The van der Waals surface area contributed by atoms with Gasteiger partial charge < -0.3 is 5.11 Å². The van der Waals surface area contributed by atoms with Crippen molar-refractivity contribution in [3.63, 3.8) is 0 Å². The van der Waals surface area contributed by atoms with Gasteiger partial charge in [0, 0.05) is 5.69 Å². The van der Waals surface area contributed by atoms with Crippen LogP contribution in [0.2, 0.25) is 0 Å². The third-order valence-corrected chi connectivity index (χ3v) is 4.53. The van der Waals surface area contributed by atoms with Crippen molar-refractivity contribution in [1.29, 1.82) is 0 Å². The van der Waals surface area contributed by atoms with Crippen molar-refractivity contribution in [3.05, 3.63) is 59.7 Å². The fourth-order valence-corrected chi connectivity index (χ4v) is 3.10. The number of hydrogen-bond acceptors (Lipinski definition) is 3. The van der Waals surface area contributed by atoms with Crippen molar-refractivity contribution in [2.45, 2.75) is 24.7 Å². The maximum atomic E-state index is 12.3. The lowest BCUT2D eigenvalue weighted by atomic mass is 10.1. The van der Waals surface area contributed by atoms with E-state index in [1.807, 2.05) is 0 Å². The van der Waals surface area contributed by atoms with Crippen molar-refractivity contribution >= 4 is 21.7 Å². The van der Waals surface area contributed by atoms with E-state index in [1.165, 1.54) is 24.3 Å². The van der Waals surface area contributed by atoms with E-state index in [9.17, 15) is 13.2 Å². The molecule has 5 nitrogen and oxygen atoms in total. The van der Waals surface area contributed by atoms with Crippen LogP contribution in [0, 0.1) is 0 Å². The third-order valence-electron chi connectivity index (χ3n) is 3.13. The molecule has 0 aliphatic heterocycles. The van der Waals surface area contributed by atoms with E-state index in [4.69, 9.17) is 5.11 Å². The van der Waals surface area contributed by atoms with Crippen LogP contribution in [0.3, 0.4) is 0 Å². The second-order valence-corrected chi connectivity index (χ2v) is 6.57. The topological polar surface area (TPSA) is 83.5 Å². The molecule has 22 heavy (non-hydrogen) atoms. The molecule has 116 valence electrons. The van der Waals surface area contributed by atoms with Crippen molar-refractivity contribution in [2.24, 2.45) is 0 Å². The first-order chi connectivity index (χ1) is 10.4. The molecule has 0 aliphatic carbocycles. The second kappa shape index (κ2) is 6.62. The molecule has 0 unspecified atom stereocenters. The number of aromatic carboxylic acids is 1. The molecule has 2 N–H and O–H groups in total. The summed E-state index contributed by atoms with van der Waals surface area (Å²) in [5, 5.41) is 8.93. The summed E-state index contributed by atoms with van der Waals surface area (Å²) in [6.07, 6.45) is 1.89. The molecule has 0 aliphatic rings. The average Bonchev–Trinajstić information content (AvgIpc) is 2.48. The highest BCUT2D eigenvalue weighted by Crippen LogP contribution is 2.18. The van der Waals surface area contributed by atoms with E-state index in [2.05, 4.69) is 11.6 Å². The Morgan fingerprint density at radius 2 is 1.82 bits per heavy atom. The number of carboxylic acid groups (broad SMARTS) is 1. The van der Waals surface area contributed by atoms with E-state index < -0.39 is 16.0 Å². The Labute approximate surface area is 129 Å². The molecule has 0 aromatic heterocycles. The molecular formula is C16H17NO4S. The van der Waals surface area contributed by atoms with Crippen LogP contribution in [0.15, 0.2) is 53.4 Å². The van der Waals surface area contributed by atoms with Crippen LogP contribution < -0.4 is 4.72 Å². The summed E-state index contributed by atoms with van der Waals surface area (Å²) in [7, 11) is -3.73. The molecule has 0 saturated heterocycles. The molecule has 0 amide bonds. The van der Waals surface area contributed by atoms with Gasteiger partial charge in [-0.1, -0.05) is 31.5 Å². The molecule has 2 aromatic rings. The van der Waals surface area contributed by atoms with Gasteiger partial charge in [0.2, 0.25) is 0 Å². The Kier molecular flexibility index (Phi) is 4.82. The summed E-state index contributed by atoms with van der Waals surface area (Å²) in [5.41, 5.74) is 1.32. The molecule has 0 atom stereocenters. The van der Waals surface area contributed by atoms with Crippen LogP contribution in [0.1, 0.15) is 29.3 Å². The highest BCUT2D eigenvalue weighted by Gasteiger charge is 2.14. The van der Waals surface area contributed by atoms with E-state index >= 15 is 0 Å². The molecule has 0 heterocycles. The summed E-state index contributed by atoms with van der Waals surface area (Å²) in [4.78, 5) is 11.1. The van der Waals surface area contributed by atoms with Crippen LogP contribution in [-0.2, 0) is 16.4 Å². The molecule has 0 fully saturated rings. The molecule has 2 aromatic carbocycles. The molecule has 0 saturated carbocycles. The molecule has 0 radical (unpaired) electrons. The first kappa shape index (κ1) is 16.0. The van der Waals surface area contributed by atoms with Crippen molar-refractivity contribution in [3.8, 4) is 0 Å². The van der Waals surface area contributed by atoms with Crippen LogP contribution >= 0.6 is 0 Å². The monoisotopic (exact) mass is 319 g/mol. The lowest BCUT2D eigenvalue weighted by Crippen LogP contribution is -2.13. The fourth-order valence-electron chi connectivity index (χ4n) is 2.05. The van der Waals surface area contributed by atoms with E-state index in [-0.39, 0.29) is 16.1 Å². The first-order valence-electron chi connectivity index (χ1n) is 6.87. The van der Waals surface area contributed by atoms with E-state index in [0.717, 1.165) is 18.4 Å². The minimum atomic E-state index is -3.73. The lowest BCUT2D eigenvalue weighted by molar-refractivity contribution is 0.0697. The largest absolute Gasteiger partial charge is 0.478 e. The number of sulfonamides is 1. The number of anilines is 1. The molecular weight excluding hydrogens is 302 g/mol. The number of nitrogens with one attached hydrogen (secondary N) is 1. The van der Waals surface area contributed by atoms with Gasteiger partial charge in [-0.25, -0.2) is 13.2 Å². The molecule has 0 spiro atoms. The zero-order valence-electron chi connectivity index (χ0n) is 12.1. The van der Waals surface area contributed by atoms with Crippen molar-refractivity contribution in [1.82, 2.24) is 0 Å². The smallest absolute Gasteiger partial charge is 0.335 e. The summed E-state index contributed by atoms with van der Waals surface area (Å²) in [6.45, 7) is 2.06. The SMILES string of the molecule is CCCc1ccc(S(=O)(=O)Nc2cccc(C(=O)O)c2)cc1. The van der Waals surface area contributed by atoms with Gasteiger partial charge in [-0.05, 0) is 42.3 Å². The van der Waals surface area contributed by atoms with Gasteiger partial charge in [0.1, 0.15) is 0 Å². The predicted molar refractivity (Wildman–Crippen MR) is 84.6 cm³/mol. The zero-order valence-corrected chi connectivity index (χ0v) is 12.9. The average molecular weight is 319 g/mol. The lowest BCUT2D eigenvalue weighted by Gasteiger charge is -2.09. The quantitative estimate of drug-likeness (QED) is 0.857. The fraction of sp³-hybridized carbons (Fsp3) is 0.188. The maximum Gasteiger partial charge on any atom is 0.335 e. The first-order valence-corrected chi connectivity index (χ1v) is 8.36. The maximum absolute atomic E-state index is 12.3. The highest BCUT2D eigenvalue weighted by molar-refractivity contribution is 7.92. The minimum absolute atomic E-state index is 0.0264. The number of hydrogen-bond donors (Lipinski definition) is 2. The van der Waals surface area contributed by atoms with Crippen LogP contribution in [-0.4, -0.2) is 19.5 Å². The minimum Gasteiger partial charge on any atom is -0.478 e. The van der Waals surface area contributed by atoms with Gasteiger partial charge in [0.05, 0.1) is 10.5 Å². The zero-order chi connectivity index (χ0) is 16.2. The molecule has 6 heteroatoms. The van der Waals surface area contributed by atoms with Gasteiger partial charge in [-0.3, -0.25) is 4.72 Å². The summed E-state index contributed by atoms with van der Waals surface area (Å²) in [5.74, 6) is -1.11. The standard InChI is InChI=1S/C16H17NO4S/c1-2-4-12-7-9-15(10-8-12)22(20,21)17-14-6-3-5-13(11-14)16(18)19/h3,5-11,17H,2,4H2,1H3,(H,18,19). The number of aryl methyl sites for hydroxylation is 1. The number of carboxylic acids is 1. The summed E-state index contributed by atoms with van der Waals surface area (Å²) in [6, 6.07) is 12.4. The van der Waals surface area contributed by atoms with Gasteiger partial charge in [-0.15, -0.1) is 0 Å². The second-order valence-electron chi connectivity index (χ2n) is 4.89. The van der Waals surface area contributed by atoms with Crippen molar-refractivity contribution in [2.75, 3.05) is 4.72 Å². The number of carbonyl (C=O) groups is 1. The molecule has 0 bridgehead atoms. The van der Waals surface area contributed by atoms with Gasteiger partial charge in [-0.2, -0.15) is 0 Å². The van der Waals surface area contributed by atoms with Crippen LogP contribution in [0.4, 0.5) is 5.69 Å². The van der Waals surface area contributed by atoms with Gasteiger partial charge in [0.15, 0.2) is 0 Å². The Bertz CT molecular complexity index is 767. The normalized spacial score (nSPS) is 11.1. The Hall–Kier alpha value is -2.34. The Morgan fingerprint density at radius 3 is 2.41 bits per heavy atom. The summed E-state index contributed by atoms with van der Waals surface area (Å²) < 4.78 is 27.0.